The van der Waals surface area contributed by atoms with Gasteiger partial charge in [0.2, 0.25) is 11.8 Å². The fourth-order valence-corrected chi connectivity index (χ4v) is 2.16. The first-order valence-electron chi connectivity index (χ1n) is 7.83. The Labute approximate surface area is 137 Å². The van der Waals surface area contributed by atoms with Gasteiger partial charge in [0.05, 0.1) is 13.2 Å². The molecule has 0 aliphatic heterocycles. The van der Waals surface area contributed by atoms with Crippen LogP contribution in [0.1, 0.15) is 25.8 Å². The van der Waals surface area contributed by atoms with Crippen LogP contribution in [0.2, 0.25) is 0 Å². The number of carbonyl (C=O) groups excluding carboxylic acids is 2. The zero-order valence-electron chi connectivity index (χ0n) is 14.3. The lowest BCUT2D eigenvalue weighted by Gasteiger charge is -2.22. The number of nitrogens with two attached hydrogens (primary N) is 1. The van der Waals surface area contributed by atoms with E-state index >= 15 is 0 Å². The molecule has 4 N–H and O–H groups in total. The summed E-state index contributed by atoms with van der Waals surface area (Å²) in [5, 5.41) is 5.33. The third-order valence-corrected chi connectivity index (χ3v) is 4.04. The van der Waals surface area contributed by atoms with E-state index in [1.807, 2.05) is 38.1 Å². The minimum atomic E-state index is -0.656. The average molecular weight is 321 g/mol. The third kappa shape index (κ3) is 5.56. The van der Waals surface area contributed by atoms with Crippen molar-refractivity contribution < 1.29 is 14.3 Å². The number of carbonyl (C=O) groups is 2. The normalized spacial score (nSPS) is 14.5. The Morgan fingerprint density at radius 2 is 1.83 bits per heavy atom. The van der Waals surface area contributed by atoms with Gasteiger partial charge in [0.15, 0.2) is 0 Å². The summed E-state index contributed by atoms with van der Waals surface area (Å²) in [6, 6.07) is 6.11. The number of benzene rings is 1. The van der Waals surface area contributed by atoms with Gasteiger partial charge in [-0.3, -0.25) is 9.59 Å². The van der Waals surface area contributed by atoms with E-state index in [0.717, 1.165) is 17.7 Å². The Morgan fingerprint density at radius 3 is 2.30 bits per heavy atom. The van der Waals surface area contributed by atoms with Gasteiger partial charge in [-0.25, -0.2) is 0 Å². The first-order chi connectivity index (χ1) is 10.9. The summed E-state index contributed by atoms with van der Waals surface area (Å²) in [4.78, 5) is 24.3. The van der Waals surface area contributed by atoms with Gasteiger partial charge < -0.3 is 21.1 Å². The van der Waals surface area contributed by atoms with Gasteiger partial charge in [0.25, 0.3) is 0 Å². The maximum absolute atomic E-state index is 12.2. The topological polar surface area (TPSA) is 93.5 Å². The smallest absolute Gasteiger partial charge is 0.242 e. The maximum atomic E-state index is 12.2. The van der Waals surface area contributed by atoms with Crippen LogP contribution in [0.5, 0.6) is 5.75 Å². The van der Waals surface area contributed by atoms with Gasteiger partial charge >= 0.3 is 0 Å². The molecular weight excluding hydrogens is 294 g/mol. The Morgan fingerprint density at radius 1 is 1.22 bits per heavy atom. The van der Waals surface area contributed by atoms with Crippen LogP contribution in [0.3, 0.4) is 0 Å². The molecule has 23 heavy (non-hydrogen) atoms. The van der Waals surface area contributed by atoms with E-state index in [1.54, 1.807) is 14.2 Å². The molecule has 0 radical (unpaired) electrons. The van der Waals surface area contributed by atoms with E-state index in [4.69, 9.17) is 10.5 Å². The van der Waals surface area contributed by atoms with Crippen molar-refractivity contribution >= 4 is 11.8 Å². The Bertz CT molecular complexity index is 516. The van der Waals surface area contributed by atoms with Gasteiger partial charge in [-0.05, 0) is 23.6 Å². The molecule has 128 valence electrons. The molecule has 2 amide bonds. The summed E-state index contributed by atoms with van der Waals surface area (Å²) in [6.45, 7) is 3.90. The zero-order chi connectivity index (χ0) is 17.4. The van der Waals surface area contributed by atoms with Crippen molar-refractivity contribution in [3.63, 3.8) is 0 Å². The summed E-state index contributed by atoms with van der Waals surface area (Å²) in [5.74, 6) is 0.251. The molecule has 0 aliphatic carbocycles. The first kappa shape index (κ1) is 19.0. The average Bonchev–Trinajstić information content (AvgIpc) is 2.59. The van der Waals surface area contributed by atoms with Crippen LogP contribution in [0.25, 0.3) is 0 Å². The third-order valence-electron chi connectivity index (χ3n) is 4.04. The number of amides is 2. The summed E-state index contributed by atoms with van der Waals surface area (Å²) < 4.78 is 5.11. The summed E-state index contributed by atoms with van der Waals surface area (Å²) >= 11 is 0. The van der Waals surface area contributed by atoms with Crippen molar-refractivity contribution in [2.45, 2.75) is 38.8 Å². The quantitative estimate of drug-likeness (QED) is 0.661. The number of hydrogen-bond acceptors (Lipinski definition) is 4. The minimum absolute atomic E-state index is 0.0568. The lowest BCUT2D eigenvalue weighted by molar-refractivity contribution is -0.129. The summed E-state index contributed by atoms with van der Waals surface area (Å²) in [5.41, 5.74) is 6.86. The Hall–Kier alpha value is -2.08. The van der Waals surface area contributed by atoms with E-state index in [2.05, 4.69) is 10.6 Å². The van der Waals surface area contributed by atoms with Crippen LogP contribution >= 0.6 is 0 Å². The van der Waals surface area contributed by atoms with E-state index in [1.165, 1.54) is 0 Å². The predicted octanol–water partition coefficient (Wildman–Crippen LogP) is 0.842. The van der Waals surface area contributed by atoms with E-state index in [-0.39, 0.29) is 17.7 Å². The van der Waals surface area contributed by atoms with Crippen LogP contribution in [0.15, 0.2) is 24.3 Å². The fourth-order valence-electron chi connectivity index (χ4n) is 2.16. The number of hydrogen-bond donors (Lipinski definition) is 3. The molecule has 0 fully saturated rings. The van der Waals surface area contributed by atoms with Crippen molar-refractivity contribution in [3.05, 3.63) is 29.8 Å². The van der Waals surface area contributed by atoms with Crippen LogP contribution < -0.4 is 21.1 Å². The lowest BCUT2D eigenvalue weighted by atomic mass is 9.98. The van der Waals surface area contributed by atoms with E-state index in [0.29, 0.717) is 6.42 Å². The molecule has 0 unspecified atom stereocenters. The van der Waals surface area contributed by atoms with Crippen molar-refractivity contribution in [2.75, 3.05) is 14.2 Å². The maximum Gasteiger partial charge on any atom is 0.242 e. The molecule has 0 heterocycles. The van der Waals surface area contributed by atoms with E-state index < -0.39 is 12.1 Å². The van der Waals surface area contributed by atoms with Gasteiger partial charge in [0, 0.05) is 13.5 Å². The van der Waals surface area contributed by atoms with Gasteiger partial charge in [-0.1, -0.05) is 32.4 Å². The van der Waals surface area contributed by atoms with Crippen molar-refractivity contribution in [3.8, 4) is 5.75 Å². The molecule has 1 rings (SSSR count). The molecule has 1 aromatic rings. The second-order valence-corrected chi connectivity index (χ2v) is 5.64. The molecule has 0 saturated heterocycles. The summed E-state index contributed by atoms with van der Waals surface area (Å²) in [7, 11) is 3.14. The standard InChI is InChI=1S/C17H27N3O3/c1-5-11(2)15(18)17(22)20-14(16(21)19-3)10-12-6-8-13(23-4)9-7-12/h6-9,11,14-15H,5,10,18H2,1-4H3,(H,19,21)(H,20,22)/t11-,14-,15-/m0/s1. The highest BCUT2D eigenvalue weighted by Gasteiger charge is 2.25. The number of likely N-dealkylation sites (N-methyl/N-ethyl adjacent to an activating group) is 1. The van der Waals surface area contributed by atoms with Gasteiger partial charge in [-0.2, -0.15) is 0 Å². The zero-order valence-corrected chi connectivity index (χ0v) is 14.3. The second-order valence-electron chi connectivity index (χ2n) is 5.64. The van der Waals surface area contributed by atoms with Crippen LogP contribution in [-0.2, 0) is 16.0 Å². The lowest BCUT2D eigenvalue weighted by Crippen LogP contribution is -2.53. The highest BCUT2D eigenvalue weighted by Crippen LogP contribution is 2.13. The number of rotatable bonds is 8. The SMILES string of the molecule is CC[C@H](C)[C@H](N)C(=O)N[C@@H](Cc1ccc(OC)cc1)C(=O)NC. The highest BCUT2D eigenvalue weighted by molar-refractivity contribution is 5.89. The molecule has 0 aromatic heterocycles. The van der Waals surface area contributed by atoms with E-state index in [9.17, 15) is 9.59 Å². The molecule has 6 nitrogen and oxygen atoms in total. The Balaban J connectivity index is 2.79. The van der Waals surface area contributed by atoms with Crippen molar-refractivity contribution in [1.82, 2.24) is 10.6 Å². The fraction of sp³-hybridized carbons (Fsp3) is 0.529. The molecule has 0 bridgehead atoms. The van der Waals surface area contributed by atoms with Gasteiger partial charge in [0.1, 0.15) is 11.8 Å². The largest absolute Gasteiger partial charge is 0.497 e. The molecule has 1 aromatic carbocycles. The first-order valence-corrected chi connectivity index (χ1v) is 7.83. The molecule has 0 aliphatic rings. The molecule has 0 saturated carbocycles. The van der Waals surface area contributed by atoms with Crippen molar-refractivity contribution in [2.24, 2.45) is 11.7 Å². The number of ether oxygens (including phenoxy) is 1. The van der Waals surface area contributed by atoms with Crippen LogP contribution in [0, 0.1) is 5.92 Å². The summed E-state index contributed by atoms with van der Waals surface area (Å²) in [6.07, 6.45) is 1.19. The van der Waals surface area contributed by atoms with Crippen LogP contribution in [-0.4, -0.2) is 38.1 Å². The highest BCUT2D eigenvalue weighted by atomic mass is 16.5. The predicted molar refractivity (Wildman–Crippen MR) is 90.1 cm³/mol. The molecule has 0 spiro atoms. The molecule has 3 atom stereocenters. The Kier molecular flexibility index (Phi) is 7.54. The van der Waals surface area contributed by atoms with Gasteiger partial charge in [-0.15, -0.1) is 0 Å². The molecular formula is C17H27N3O3. The number of nitrogens with one attached hydrogen (secondary N) is 2. The minimum Gasteiger partial charge on any atom is -0.497 e. The second kappa shape index (κ2) is 9.15. The van der Waals surface area contributed by atoms with Crippen LogP contribution in [0.4, 0.5) is 0 Å². The van der Waals surface area contributed by atoms with Crippen molar-refractivity contribution in [1.29, 1.82) is 0 Å². The number of methoxy groups -OCH3 is 1. The monoisotopic (exact) mass is 321 g/mol. The molecule has 6 heteroatoms.